The molecule has 0 aliphatic carbocycles. The molecule has 2 N–H and O–H groups in total. The summed E-state index contributed by atoms with van der Waals surface area (Å²) < 4.78 is 5.31. The summed E-state index contributed by atoms with van der Waals surface area (Å²) >= 11 is 0. The zero-order valence-electron chi connectivity index (χ0n) is 11.2. The quantitative estimate of drug-likeness (QED) is 0.737. The van der Waals surface area contributed by atoms with Gasteiger partial charge < -0.3 is 15.2 Å². The van der Waals surface area contributed by atoms with Gasteiger partial charge in [0.25, 0.3) is 0 Å². The lowest BCUT2D eigenvalue weighted by atomic mass is 10.1. The summed E-state index contributed by atoms with van der Waals surface area (Å²) in [5, 5.41) is 11.5. The second-order valence-corrected chi connectivity index (χ2v) is 4.09. The number of benzene rings is 1. The van der Waals surface area contributed by atoms with Gasteiger partial charge in [0.2, 0.25) is 5.91 Å². The largest absolute Gasteiger partial charge is 0.494 e. The number of nitrogens with one attached hydrogen (secondary N) is 1. The minimum atomic E-state index is -1.09. The van der Waals surface area contributed by atoms with Crippen LogP contribution in [0.5, 0.6) is 5.75 Å². The van der Waals surface area contributed by atoms with Gasteiger partial charge in [0.15, 0.2) is 0 Å². The molecule has 0 aromatic heterocycles. The van der Waals surface area contributed by atoms with Gasteiger partial charge in [0.05, 0.1) is 6.61 Å². The van der Waals surface area contributed by atoms with Gasteiger partial charge in [-0.05, 0) is 31.0 Å². The molecule has 0 heterocycles. The van der Waals surface area contributed by atoms with E-state index in [1.165, 1.54) is 0 Å². The van der Waals surface area contributed by atoms with Gasteiger partial charge in [-0.3, -0.25) is 9.59 Å². The van der Waals surface area contributed by atoms with Gasteiger partial charge in [0.1, 0.15) is 11.7 Å². The summed E-state index contributed by atoms with van der Waals surface area (Å²) in [6.07, 6.45) is 0.282. The first kappa shape index (κ1) is 15.0. The normalized spacial score (nSPS) is 11.7. The molecule has 0 spiro atoms. The van der Waals surface area contributed by atoms with Crippen molar-refractivity contribution in [2.45, 2.75) is 26.8 Å². The molecule has 5 nitrogen and oxygen atoms in total. The predicted molar refractivity (Wildman–Crippen MR) is 70.9 cm³/mol. The van der Waals surface area contributed by atoms with E-state index in [2.05, 4.69) is 5.32 Å². The molecule has 1 aromatic carbocycles. The smallest absolute Gasteiger partial charge is 0.316 e. The monoisotopic (exact) mass is 265 g/mol. The van der Waals surface area contributed by atoms with Crippen molar-refractivity contribution in [1.29, 1.82) is 0 Å². The Kier molecular flexibility index (Phi) is 5.85. The molecule has 19 heavy (non-hydrogen) atoms. The van der Waals surface area contributed by atoms with Crippen molar-refractivity contribution in [2.24, 2.45) is 5.92 Å². The highest BCUT2D eigenvalue weighted by Crippen LogP contribution is 2.12. The molecule has 0 aliphatic rings. The predicted octanol–water partition coefficient (Wildman–Crippen LogP) is 1.81. The number of carbonyl (C=O) groups excluding carboxylic acids is 1. The SMILES string of the molecule is CCOc1ccc(CNC(=O)C(CC)C(=O)O)cc1. The molecule has 5 heteroatoms. The third kappa shape index (κ3) is 4.62. The Labute approximate surface area is 112 Å². The maximum Gasteiger partial charge on any atom is 0.316 e. The maximum absolute atomic E-state index is 11.6. The van der Waals surface area contributed by atoms with E-state index in [1.54, 1.807) is 6.92 Å². The number of carboxylic acids is 1. The average Bonchev–Trinajstić information content (AvgIpc) is 2.38. The van der Waals surface area contributed by atoms with E-state index in [4.69, 9.17) is 9.84 Å². The Balaban J connectivity index is 2.52. The van der Waals surface area contributed by atoms with Crippen molar-refractivity contribution >= 4 is 11.9 Å². The van der Waals surface area contributed by atoms with E-state index in [1.807, 2.05) is 31.2 Å². The Morgan fingerprint density at radius 1 is 1.26 bits per heavy atom. The first-order chi connectivity index (χ1) is 9.08. The van der Waals surface area contributed by atoms with Crippen LogP contribution in [0.25, 0.3) is 0 Å². The van der Waals surface area contributed by atoms with E-state index in [9.17, 15) is 9.59 Å². The van der Waals surface area contributed by atoms with E-state index < -0.39 is 17.8 Å². The van der Waals surface area contributed by atoms with Crippen LogP contribution in [0.1, 0.15) is 25.8 Å². The molecule has 0 bridgehead atoms. The summed E-state index contributed by atoms with van der Waals surface area (Å²) in [6.45, 7) is 4.50. The Morgan fingerprint density at radius 2 is 1.89 bits per heavy atom. The van der Waals surface area contributed by atoms with E-state index >= 15 is 0 Å². The Bertz CT molecular complexity index is 428. The highest BCUT2D eigenvalue weighted by Gasteiger charge is 2.23. The van der Waals surface area contributed by atoms with Crippen LogP contribution in [-0.4, -0.2) is 23.6 Å². The van der Waals surface area contributed by atoms with Gasteiger partial charge in [-0.2, -0.15) is 0 Å². The molecule has 1 unspecified atom stereocenters. The second-order valence-electron chi connectivity index (χ2n) is 4.09. The highest BCUT2D eigenvalue weighted by atomic mass is 16.5. The molecule has 0 saturated carbocycles. The molecule has 1 atom stereocenters. The first-order valence-electron chi connectivity index (χ1n) is 6.30. The lowest BCUT2D eigenvalue weighted by molar-refractivity contribution is -0.147. The fourth-order valence-corrected chi connectivity index (χ4v) is 1.65. The van der Waals surface area contributed by atoms with E-state index in [0.29, 0.717) is 13.2 Å². The topological polar surface area (TPSA) is 75.6 Å². The number of amides is 1. The number of hydrogen-bond donors (Lipinski definition) is 2. The zero-order valence-corrected chi connectivity index (χ0v) is 11.2. The first-order valence-corrected chi connectivity index (χ1v) is 6.30. The number of hydrogen-bond acceptors (Lipinski definition) is 3. The summed E-state index contributed by atoms with van der Waals surface area (Å²) in [5.74, 6) is -1.76. The van der Waals surface area contributed by atoms with Gasteiger partial charge in [-0.15, -0.1) is 0 Å². The molecular formula is C14H19NO4. The third-order valence-electron chi connectivity index (χ3n) is 2.72. The van der Waals surface area contributed by atoms with Crippen molar-refractivity contribution in [3.05, 3.63) is 29.8 Å². The minimum Gasteiger partial charge on any atom is -0.494 e. The molecule has 0 fully saturated rings. The van der Waals surface area contributed by atoms with Crippen LogP contribution in [0.2, 0.25) is 0 Å². The van der Waals surface area contributed by atoms with Crippen molar-refractivity contribution in [3.63, 3.8) is 0 Å². The maximum atomic E-state index is 11.6. The van der Waals surface area contributed by atoms with E-state index in [0.717, 1.165) is 11.3 Å². The van der Waals surface area contributed by atoms with Gasteiger partial charge in [0, 0.05) is 6.54 Å². The molecule has 0 radical (unpaired) electrons. The minimum absolute atomic E-state index is 0.282. The van der Waals surface area contributed by atoms with Gasteiger partial charge in [-0.25, -0.2) is 0 Å². The van der Waals surface area contributed by atoms with Crippen LogP contribution >= 0.6 is 0 Å². The molecule has 0 aliphatic heterocycles. The van der Waals surface area contributed by atoms with Crippen molar-refractivity contribution in [2.75, 3.05) is 6.61 Å². The lowest BCUT2D eigenvalue weighted by Crippen LogP contribution is -2.34. The average molecular weight is 265 g/mol. The van der Waals surface area contributed by atoms with Gasteiger partial charge >= 0.3 is 5.97 Å². The molecule has 1 rings (SSSR count). The molecule has 0 saturated heterocycles. The summed E-state index contributed by atoms with van der Waals surface area (Å²) in [7, 11) is 0. The standard InChI is InChI=1S/C14H19NO4/c1-3-12(14(17)18)13(16)15-9-10-5-7-11(8-6-10)19-4-2/h5-8,12H,3-4,9H2,1-2H3,(H,15,16)(H,17,18). The fraction of sp³-hybridized carbons (Fsp3) is 0.429. The summed E-state index contributed by atoms with van der Waals surface area (Å²) in [5.41, 5.74) is 0.900. The molecular weight excluding hydrogens is 246 g/mol. The van der Waals surface area contributed by atoms with Crippen LogP contribution in [0.4, 0.5) is 0 Å². The number of aliphatic carboxylic acids is 1. The van der Waals surface area contributed by atoms with Crippen molar-refractivity contribution < 1.29 is 19.4 Å². The lowest BCUT2D eigenvalue weighted by Gasteiger charge is -2.11. The highest BCUT2D eigenvalue weighted by molar-refractivity contribution is 5.96. The Morgan fingerprint density at radius 3 is 2.37 bits per heavy atom. The number of carbonyl (C=O) groups is 2. The number of carboxylic acid groups (broad SMARTS) is 1. The zero-order chi connectivity index (χ0) is 14.3. The van der Waals surface area contributed by atoms with Crippen LogP contribution in [-0.2, 0) is 16.1 Å². The second kappa shape index (κ2) is 7.41. The third-order valence-corrected chi connectivity index (χ3v) is 2.72. The number of ether oxygens (including phenoxy) is 1. The van der Waals surface area contributed by atoms with Crippen molar-refractivity contribution in [3.8, 4) is 5.75 Å². The molecule has 104 valence electrons. The van der Waals surface area contributed by atoms with E-state index in [-0.39, 0.29) is 6.42 Å². The fourth-order valence-electron chi connectivity index (χ4n) is 1.65. The van der Waals surface area contributed by atoms with Gasteiger partial charge in [-0.1, -0.05) is 19.1 Å². The summed E-state index contributed by atoms with van der Waals surface area (Å²) in [6, 6.07) is 7.32. The van der Waals surface area contributed by atoms with Crippen LogP contribution in [0.15, 0.2) is 24.3 Å². The number of rotatable bonds is 7. The van der Waals surface area contributed by atoms with Crippen LogP contribution in [0.3, 0.4) is 0 Å². The van der Waals surface area contributed by atoms with Crippen LogP contribution in [0, 0.1) is 5.92 Å². The van der Waals surface area contributed by atoms with Crippen LogP contribution < -0.4 is 10.1 Å². The molecule has 1 amide bonds. The Hall–Kier alpha value is -2.04. The van der Waals surface area contributed by atoms with Crippen molar-refractivity contribution in [1.82, 2.24) is 5.32 Å². The molecule has 1 aromatic rings. The summed E-state index contributed by atoms with van der Waals surface area (Å²) in [4.78, 5) is 22.5.